The predicted octanol–water partition coefficient (Wildman–Crippen LogP) is 11.1. The second-order valence-electron chi connectivity index (χ2n) is 12.2. The van der Waals surface area contributed by atoms with E-state index >= 15 is 0 Å². The van der Waals surface area contributed by atoms with Crippen LogP contribution in [0.15, 0.2) is 84.9 Å². The molecule has 5 nitrogen and oxygen atoms in total. The summed E-state index contributed by atoms with van der Waals surface area (Å²) in [5.74, 6) is 0.397. The van der Waals surface area contributed by atoms with E-state index in [0.717, 1.165) is 71.9 Å². The zero-order chi connectivity index (χ0) is 32.6. The molecule has 0 heterocycles. The number of rotatable bonds is 19. The summed E-state index contributed by atoms with van der Waals surface area (Å²) in [6.45, 7) is 7.50. The molecule has 0 saturated carbocycles. The third kappa shape index (κ3) is 10.8. The number of fused-ring (bicyclic) bond motifs is 1. The average molecular weight is 623 g/mol. The highest BCUT2D eigenvalue weighted by Crippen LogP contribution is 2.27. The van der Waals surface area contributed by atoms with E-state index < -0.39 is 5.97 Å². The summed E-state index contributed by atoms with van der Waals surface area (Å²) < 4.78 is 17.1. The number of hydrogen-bond donors (Lipinski definition) is 0. The third-order valence-electron chi connectivity index (χ3n) is 8.47. The van der Waals surface area contributed by atoms with Crippen molar-refractivity contribution in [2.75, 3.05) is 13.2 Å². The van der Waals surface area contributed by atoms with Gasteiger partial charge in [0.15, 0.2) is 0 Å². The van der Waals surface area contributed by atoms with Gasteiger partial charge in [-0.2, -0.15) is 0 Å². The normalized spacial score (nSPS) is 11.7. The quantitative estimate of drug-likeness (QED) is 0.0591. The van der Waals surface area contributed by atoms with Crippen LogP contribution in [0, 0.1) is 0 Å². The number of esters is 2. The Hall–Kier alpha value is -4.12. The molecule has 0 aliphatic carbocycles. The van der Waals surface area contributed by atoms with Gasteiger partial charge in [-0.1, -0.05) is 120 Å². The van der Waals surface area contributed by atoms with Crippen LogP contribution in [-0.2, 0) is 9.53 Å². The molecule has 0 spiro atoms. The lowest BCUT2D eigenvalue weighted by atomic mass is 9.98. The van der Waals surface area contributed by atoms with E-state index in [-0.39, 0.29) is 11.9 Å². The molecule has 0 N–H and O–H groups in total. The Morgan fingerprint density at radius 2 is 1.13 bits per heavy atom. The Morgan fingerprint density at radius 1 is 0.587 bits per heavy atom. The number of carbonyl (C=O) groups is 2. The van der Waals surface area contributed by atoms with Gasteiger partial charge in [-0.25, -0.2) is 4.79 Å². The molecule has 0 fully saturated rings. The zero-order valence-electron chi connectivity index (χ0n) is 27.9. The molecule has 0 bridgehead atoms. The van der Waals surface area contributed by atoms with Crippen molar-refractivity contribution >= 4 is 22.7 Å². The fourth-order valence-electron chi connectivity index (χ4n) is 5.50. The topological polar surface area (TPSA) is 61.8 Å². The molecule has 4 rings (SSSR count). The second kappa shape index (κ2) is 18.8. The van der Waals surface area contributed by atoms with Gasteiger partial charge in [0, 0.05) is 0 Å². The standard InChI is InChI=1S/C41H50O5/c1-4-6-8-10-11-12-14-27-44-38-24-21-33(22-25-38)32-15-17-34(18-16-32)41(43)46-39-26-23-36-29-35(19-20-37(36)30-39)31(3)40(42)45-28-13-9-7-5-2/h15-26,29-31H,4-14,27-28H2,1-3H3/t31-/m0/s1. The van der Waals surface area contributed by atoms with Crippen LogP contribution in [0.3, 0.4) is 0 Å². The van der Waals surface area contributed by atoms with Crippen LogP contribution < -0.4 is 9.47 Å². The molecular formula is C41H50O5. The first kappa shape index (κ1) is 34.7. The molecule has 1 atom stereocenters. The van der Waals surface area contributed by atoms with Gasteiger partial charge in [0.25, 0.3) is 0 Å². The summed E-state index contributed by atoms with van der Waals surface area (Å²) >= 11 is 0. The maximum Gasteiger partial charge on any atom is 0.343 e. The number of ether oxygens (including phenoxy) is 3. The average Bonchev–Trinajstić information content (AvgIpc) is 3.09. The van der Waals surface area contributed by atoms with Gasteiger partial charge >= 0.3 is 11.9 Å². The van der Waals surface area contributed by atoms with E-state index in [1.54, 1.807) is 18.2 Å². The highest BCUT2D eigenvalue weighted by molar-refractivity contribution is 5.93. The van der Waals surface area contributed by atoms with E-state index in [0.29, 0.717) is 17.9 Å². The van der Waals surface area contributed by atoms with Crippen molar-refractivity contribution < 1.29 is 23.8 Å². The molecule has 0 amide bonds. The largest absolute Gasteiger partial charge is 0.494 e. The highest BCUT2D eigenvalue weighted by atomic mass is 16.5. The Kier molecular flexibility index (Phi) is 14.2. The van der Waals surface area contributed by atoms with Crippen LogP contribution in [0.25, 0.3) is 21.9 Å². The molecule has 46 heavy (non-hydrogen) atoms. The van der Waals surface area contributed by atoms with Crippen molar-refractivity contribution in [3.05, 3.63) is 96.1 Å². The molecule has 244 valence electrons. The first-order valence-electron chi connectivity index (χ1n) is 17.2. The van der Waals surface area contributed by atoms with Crippen LogP contribution in [0.1, 0.15) is 113 Å². The molecule has 0 aliphatic rings. The molecule has 0 radical (unpaired) electrons. The van der Waals surface area contributed by atoms with Crippen LogP contribution >= 0.6 is 0 Å². The van der Waals surface area contributed by atoms with Gasteiger partial charge in [-0.3, -0.25) is 4.79 Å². The van der Waals surface area contributed by atoms with Crippen LogP contribution in [0.4, 0.5) is 0 Å². The van der Waals surface area contributed by atoms with Crippen molar-refractivity contribution in [1.82, 2.24) is 0 Å². The summed E-state index contributed by atoms with van der Waals surface area (Å²) in [5, 5.41) is 1.90. The lowest BCUT2D eigenvalue weighted by Crippen LogP contribution is -2.14. The molecule has 0 aliphatic heterocycles. The minimum atomic E-state index is -0.410. The number of carbonyl (C=O) groups excluding carboxylic acids is 2. The van der Waals surface area contributed by atoms with Gasteiger partial charge in [-0.15, -0.1) is 0 Å². The Balaban J connectivity index is 1.26. The number of benzene rings is 4. The zero-order valence-corrected chi connectivity index (χ0v) is 27.9. The van der Waals surface area contributed by atoms with E-state index in [1.165, 1.54) is 38.5 Å². The summed E-state index contributed by atoms with van der Waals surface area (Å²) in [6.07, 6.45) is 13.2. The summed E-state index contributed by atoms with van der Waals surface area (Å²) in [4.78, 5) is 25.5. The lowest BCUT2D eigenvalue weighted by molar-refractivity contribution is -0.145. The van der Waals surface area contributed by atoms with Gasteiger partial charge in [0.1, 0.15) is 11.5 Å². The maximum absolute atomic E-state index is 12.9. The Bertz CT molecular complexity index is 1510. The molecule has 0 unspecified atom stereocenters. The van der Waals surface area contributed by atoms with E-state index in [2.05, 4.69) is 13.8 Å². The van der Waals surface area contributed by atoms with Crippen LogP contribution in [-0.4, -0.2) is 25.2 Å². The molecule has 4 aromatic rings. The van der Waals surface area contributed by atoms with E-state index in [1.807, 2.05) is 73.7 Å². The highest BCUT2D eigenvalue weighted by Gasteiger charge is 2.17. The fraction of sp³-hybridized carbons (Fsp3) is 0.415. The van der Waals surface area contributed by atoms with Crippen molar-refractivity contribution in [1.29, 1.82) is 0 Å². The minimum absolute atomic E-state index is 0.201. The lowest BCUT2D eigenvalue weighted by Gasteiger charge is -2.13. The van der Waals surface area contributed by atoms with Crippen LogP contribution in [0.5, 0.6) is 11.5 Å². The van der Waals surface area contributed by atoms with Crippen LogP contribution in [0.2, 0.25) is 0 Å². The predicted molar refractivity (Wildman–Crippen MR) is 188 cm³/mol. The van der Waals surface area contributed by atoms with Crippen molar-refractivity contribution in [2.45, 2.75) is 97.3 Å². The molecule has 0 saturated heterocycles. The SMILES string of the molecule is CCCCCCCCCOc1ccc(-c2ccc(C(=O)Oc3ccc4cc([C@H](C)C(=O)OCCCCCC)ccc4c3)cc2)cc1. The van der Waals surface area contributed by atoms with Crippen molar-refractivity contribution in [2.24, 2.45) is 0 Å². The van der Waals surface area contributed by atoms with Gasteiger partial charge in [0.05, 0.1) is 24.7 Å². The summed E-state index contributed by atoms with van der Waals surface area (Å²) in [6, 6.07) is 27.0. The van der Waals surface area contributed by atoms with Crippen molar-refractivity contribution in [3.8, 4) is 22.6 Å². The van der Waals surface area contributed by atoms with E-state index in [4.69, 9.17) is 14.2 Å². The smallest absolute Gasteiger partial charge is 0.343 e. The fourth-order valence-corrected chi connectivity index (χ4v) is 5.50. The molecular weight excluding hydrogens is 572 g/mol. The molecule has 4 aromatic carbocycles. The maximum atomic E-state index is 12.9. The first-order chi connectivity index (χ1) is 22.5. The molecule has 5 heteroatoms. The minimum Gasteiger partial charge on any atom is -0.494 e. The number of unbranched alkanes of at least 4 members (excludes halogenated alkanes) is 9. The monoisotopic (exact) mass is 622 g/mol. The van der Waals surface area contributed by atoms with Gasteiger partial charge in [-0.05, 0) is 83.6 Å². The Morgan fingerprint density at radius 3 is 1.83 bits per heavy atom. The third-order valence-corrected chi connectivity index (χ3v) is 8.47. The second-order valence-corrected chi connectivity index (χ2v) is 12.2. The summed E-state index contributed by atoms with van der Waals surface area (Å²) in [7, 11) is 0. The Labute approximate surface area is 275 Å². The van der Waals surface area contributed by atoms with E-state index in [9.17, 15) is 9.59 Å². The van der Waals surface area contributed by atoms with Gasteiger partial charge in [0.2, 0.25) is 0 Å². The number of hydrogen-bond acceptors (Lipinski definition) is 5. The van der Waals surface area contributed by atoms with Gasteiger partial charge < -0.3 is 14.2 Å². The van der Waals surface area contributed by atoms with Crippen molar-refractivity contribution in [3.63, 3.8) is 0 Å². The first-order valence-corrected chi connectivity index (χ1v) is 17.2. The summed E-state index contributed by atoms with van der Waals surface area (Å²) in [5.41, 5.74) is 3.47. The molecule has 0 aromatic heterocycles.